The Balaban J connectivity index is 2.27. The maximum Gasteiger partial charge on any atom is 0.120 e. The molecule has 2 nitrogen and oxygen atoms in total. The molecule has 1 atom stereocenters. The maximum absolute atomic E-state index is 9.93. The van der Waals surface area contributed by atoms with Gasteiger partial charge >= 0.3 is 0 Å². The molecule has 0 fully saturated rings. The van der Waals surface area contributed by atoms with Crippen LogP contribution >= 0.6 is 27.5 Å². The standard InChI is InChI=1S/C15H15BrClNO/c1-9-3-6-15(19)12(7-9)10(2)18-14-8-11(16)4-5-13(14)17/h3-8,10,18-19H,1-2H3. The summed E-state index contributed by atoms with van der Waals surface area (Å²) in [6.07, 6.45) is 0. The fourth-order valence-corrected chi connectivity index (χ4v) is 2.47. The molecule has 4 heteroatoms. The number of phenolic OH excluding ortho intramolecular Hbond substituents is 1. The van der Waals surface area contributed by atoms with Crippen LogP contribution in [-0.4, -0.2) is 5.11 Å². The fraction of sp³-hybridized carbons (Fsp3) is 0.200. The van der Waals surface area contributed by atoms with Crippen molar-refractivity contribution in [2.75, 3.05) is 5.32 Å². The molecule has 0 aliphatic heterocycles. The topological polar surface area (TPSA) is 32.3 Å². The van der Waals surface area contributed by atoms with Gasteiger partial charge < -0.3 is 10.4 Å². The van der Waals surface area contributed by atoms with Gasteiger partial charge in [0.15, 0.2) is 0 Å². The molecule has 0 bridgehead atoms. The van der Waals surface area contributed by atoms with Crippen molar-refractivity contribution in [2.45, 2.75) is 19.9 Å². The van der Waals surface area contributed by atoms with E-state index in [2.05, 4.69) is 21.2 Å². The van der Waals surface area contributed by atoms with E-state index in [1.54, 1.807) is 6.07 Å². The lowest BCUT2D eigenvalue weighted by atomic mass is 10.0. The maximum atomic E-state index is 9.93. The SMILES string of the molecule is Cc1ccc(O)c(C(C)Nc2cc(Br)ccc2Cl)c1. The third-order valence-corrected chi connectivity index (χ3v) is 3.77. The van der Waals surface area contributed by atoms with Crippen LogP contribution in [0.1, 0.15) is 24.1 Å². The van der Waals surface area contributed by atoms with Crippen LogP contribution in [-0.2, 0) is 0 Å². The van der Waals surface area contributed by atoms with Crippen molar-refractivity contribution < 1.29 is 5.11 Å². The van der Waals surface area contributed by atoms with Gasteiger partial charge in [-0.2, -0.15) is 0 Å². The number of halogens is 2. The molecule has 0 saturated heterocycles. The van der Waals surface area contributed by atoms with Crippen LogP contribution in [0, 0.1) is 6.92 Å². The Hall–Kier alpha value is -1.19. The zero-order valence-corrected chi connectivity index (χ0v) is 13.1. The first kappa shape index (κ1) is 14.2. The molecule has 0 amide bonds. The number of phenols is 1. The average Bonchev–Trinajstić information content (AvgIpc) is 2.36. The Bertz CT molecular complexity index is 601. The summed E-state index contributed by atoms with van der Waals surface area (Å²) in [4.78, 5) is 0. The summed E-state index contributed by atoms with van der Waals surface area (Å²) in [5.74, 6) is 0.289. The van der Waals surface area contributed by atoms with E-state index < -0.39 is 0 Å². The first-order valence-corrected chi connectivity index (χ1v) is 7.15. The second kappa shape index (κ2) is 5.85. The van der Waals surface area contributed by atoms with Crippen molar-refractivity contribution in [1.29, 1.82) is 0 Å². The molecule has 0 aromatic heterocycles. The molecule has 2 aromatic carbocycles. The summed E-state index contributed by atoms with van der Waals surface area (Å²) in [6, 6.07) is 11.2. The van der Waals surface area contributed by atoms with E-state index in [0.717, 1.165) is 21.3 Å². The summed E-state index contributed by atoms with van der Waals surface area (Å²) in [5, 5.41) is 13.9. The van der Waals surface area contributed by atoms with E-state index in [0.29, 0.717) is 5.02 Å². The molecule has 19 heavy (non-hydrogen) atoms. The number of hydrogen-bond acceptors (Lipinski definition) is 2. The van der Waals surface area contributed by atoms with Crippen molar-refractivity contribution in [3.63, 3.8) is 0 Å². The molecule has 2 rings (SSSR count). The summed E-state index contributed by atoms with van der Waals surface area (Å²) < 4.78 is 0.958. The normalized spacial score (nSPS) is 12.2. The van der Waals surface area contributed by atoms with Gasteiger partial charge in [0, 0.05) is 10.0 Å². The zero-order chi connectivity index (χ0) is 14.0. The molecule has 0 aliphatic carbocycles. The Morgan fingerprint density at radius 3 is 2.68 bits per heavy atom. The predicted molar refractivity (Wildman–Crippen MR) is 84.0 cm³/mol. The Morgan fingerprint density at radius 1 is 1.21 bits per heavy atom. The largest absolute Gasteiger partial charge is 0.508 e. The van der Waals surface area contributed by atoms with Crippen molar-refractivity contribution in [3.05, 3.63) is 57.0 Å². The summed E-state index contributed by atoms with van der Waals surface area (Å²) in [6.45, 7) is 3.99. The van der Waals surface area contributed by atoms with Gasteiger partial charge in [0.25, 0.3) is 0 Å². The van der Waals surface area contributed by atoms with Gasteiger partial charge in [0.1, 0.15) is 5.75 Å². The van der Waals surface area contributed by atoms with Crippen LogP contribution < -0.4 is 5.32 Å². The number of aryl methyl sites for hydroxylation is 1. The lowest BCUT2D eigenvalue weighted by molar-refractivity contribution is 0.465. The van der Waals surface area contributed by atoms with Gasteiger partial charge in [0.2, 0.25) is 0 Å². The highest BCUT2D eigenvalue weighted by molar-refractivity contribution is 9.10. The predicted octanol–water partition coefficient (Wildman–Crippen LogP) is 5.29. The van der Waals surface area contributed by atoms with Crippen molar-refractivity contribution in [3.8, 4) is 5.75 Å². The summed E-state index contributed by atoms with van der Waals surface area (Å²) in [5.41, 5.74) is 2.81. The molecule has 2 aromatic rings. The number of benzene rings is 2. The molecular weight excluding hydrogens is 326 g/mol. The lowest BCUT2D eigenvalue weighted by Gasteiger charge is -2.18. The summed E-state index contributed by atoms with van der Waals surface area (Å²) >= 11 is 9.57. The van der Waals surface area contributed by atoms with Crippen molar-refractivity contribution >= 4 is 33.2 Å². The Kier molecular flexibility index (Phi) is 4.38. The van der Waals surface area contributed by atoms with E-state index in [1.165, 1.54) is 0 Å². The average molecular weight is 341 g/mol. The van der Waals surface area contributed by atoms with Crippen LogP contribution in [0.3, 0.4) is 0 Å². The quantitative estimate of drug-likeness (QED) is 0.795. The third-order valence-electron chi connectivity index (χ3n) is 2.95. The van der Waals surface area contributed by atoms with Crippen molar-refractivity contribution in [2.24, 2.45) is 0 Å². The minimum atomic E-state index is -0.0355. The Morgan fingerprint density at radius 2 is 1.95 bits per heavy atom. The molecule has 1 unspecified atom stereocenters. The van der Waals surface area contributed by atoms with Gasteiger partial charge in [0.05, 0.1) is 16.8 Å². The molecule has 0 saturated carbocycles. The molecule has 2 N–H and O–H groups in total. The summed E-state index contributed by atoms with van der Waals surface area (Å²) in [7, 11) is 0. The number of hydrogen-bond donors (Lipinski definition) is 2. The number of anilines is 1. The number of rotatable bonds is 3. The van der Waals surface area contributed by atoms with Crippen LogP contribution in [0.25, 0.3) is 0 Å². The van der Waals surface area contributed by atoms with E-state index in [-0.39, 0.29) is 11.8 Å². The highest BCUT2D eigenvalue weighted by Gasteiger charge is 2.12. The van der Waals surface area contributed by atoms with Gasteiger partial charge in [-0.05, 0) is 38.1 Å². The second-order valence-corrected chi connectivity index (χ2v) is 5.88. The smallest absolute Gasteiger partial charge is 0.120 e. The van der Waals surface area contributed by atoms with E-state index in [1.807, 2.05) is 44.2 Å². The van der Waals surface area contributed by atoms with E-state index >= 15 is 0 Å². The molecular formula is C15H15BrClNO. The second-order valence-electron chi connectivity index (χ2n) is 4.55. The monoisotopic (exact) mass is 339 g/mol. The highest BCUT2D eigenvalue weighted by atomic mass is 79.9. The lowest BCUT2D eigenvalue weighted by Crippen LogP contribution is -2.07. The van der Waals surface area contributed by atoms with Crippen molar-refractivity contribution in [1.82, 2.24) is 0 Å². The minimum absolute atomic E-state index is 0.0355. The molecule has 0 spiro atoms. The minimum Gasteiger partial charge on any atom is -0.508 e. The number of aromatic hydroxyl groups is 1. The third kappa shape index (κ3) is 3.43. The van der Waals surface area contributed by atoms with Gasteiger partial charge in [-0.1, -0.05) is 45.2 Å². The number of nitrogens with one attached hydrogen (secondary N) is 1. The van der Waals surface area contributed by atoms with Gasteiger partial charge in [-0.25, -0.2) is 0 Å². The van der Waals surface area contributed by atoms with Crippen LogP contribution in [0.4, 0.5) is 5.69 Å². The Labute approximate surface area is 126 Å². The fourth-order valence-electron chi connectivity index (χ4n) is 1.94. The molecule has 0 heterocycles. The van der Waals surface area contributed by atoms with Gasteiger partial charge in [-0.3, -0.25) is 0 Å². The van der Waals surface area contributed by atoms with Crippen LogP contribution in [0.15, 0.2) is 40.9 Å². The van der Waals surface area contributed by atoms with E-state index in [9.17, 15) is 5.11 Å². The first-order chi connectivity index (χ1) is 8.97. The molecule has 100 valence electrons. The zero-order valence-electron chi connectivity index (χ0n) is 10.7. The molecule has 0 radical (unpaired) electrons. The van der Waals surface area contributed by atoms with E-state index in [4.69, 9.17) is 11.6 Å². The van der Waals surface area contributed by atoms with Crippen LogP contribution in [0.5, 0.6) is 5.75 Å². The van der Waals surface area contributed by atoms with Gasteiger partial charge in [-0.15, -0.1) is 0 Å². The van der Waals surface area contributed by atoms with Crippen LogP contribution in [0.2, 0.25) is 5.02 Å². The molecule has 0 aliphatic rings. The first-order valence-electron chi connectivity index (χ1n) is 5.98. The highest BCUT2D eigenvalue weighted by Crippen LogP contribution is 2.32.